The fourth-order valence-corrected chi connectivity index (χ4v) is 7.95. The molecule has 4 aromatic rings. The van der Waals surface area contributed by atoms with Crippen molar-refractivity contribution in [2.75, 3.05) is 24.6 Å². The second kappa shape index (κ2) is 10.6. The minimum Gasteiger partial charge on any atom is -0.494 e. The Labute approximate surface area is 218 Å². The van der Waals surface area contributed by atoms with E-state index in [0.29, 0.717) is 35.3 Å². The van der Waals surface area contributed by atoms with Crippen LogP contribution in [-0.4, -0.2) is 48.3 Å². The van der Waals surface area contributed by atoms with Crippen LogP contribution in [0.1, 0.15) is 25.5 Å². The lowest BCUT2D eigenvalue weighted by Crippen LogP contribution is -2.46. The summed E-state index contributed by atoms with van der Waals surface area (Å²) in [5.41, 5.74) is 1.52. The number of carbonyl (C=O) groups is 1. The van der Waals surface area contributed by atoms with Crippen molar-refractivity contribution in [3.63, 3.8) is 0 Å². The summed E-state index contributed by atoms with van der Waals surface area (Å²) in [5.74, 6) is 0.142. The summed E-state index contributed by atoms with van der Waals surface area (Å²) >= 11 is 2.61. The number of pyridine rings is 1. The van der Waals surface area contributed by atoms with E-state index in [0.717, 1.165) is 21.7 Å². The Morgan fingerprint density at radius 2 is 2.11 bits per heavy atom. The molecular formula is C25H26N4O4S3. The molecule has 1 aliphatic heterocycles. The number of carbonyl (C=O) groups excluding carboxylic acids is 1. The molecule has 1 aliphatic rings. The van der Waals surface area contributed by atoms with Crippen LogP contribution in [-0.2, 0) is 21.4 Å². The molecule has 11 heteroatoms. The van der Waals surface area contributed by atoms with Crippen molar-refractivity contribution >= 4 is 54.0 Å². The lowest BCUT2D eigenvalue weighted by atomic mass is 9.98. The molecule has 4 heterocycles. The van der Waals surface area contributed by atoms with E-state index < -0.39 is 15.9 Å². The first-order valence-corrected chi connectivity index (χ1v) is 14.9. The van der Waals surface area contributed by atoms with Crippen LogP contribution in [0.15, 0.2) is 64.3 Å². The van der Waals surface area contributed by atoms with Crippen molar-refractivity contribution in [3.8, 4) is 5.75 Å². The van der Waals surface area contributed by atoms with Gasteiger partial charge in [0.1, 0.15) is 9.96 Å². The quantitative estimate of drug-likeness (QED) is 0.318. The molecule has 1 aromatic carbocycles. The van der Waals surface area contributed by atoms with Crippen LogP contribution in [0.3, 0.4) is 0 Å². The lowest BCUT2D eigenvalue weighted by Gasteiger charge is -2.33. The molecule has 0 saturated carbocycles. The van der Waals surface area contributed by atoms with Gasteiger partial charge in [-0.2, -0.15) is 4.31 Å². The first-order valence-electron chi connectivity index (χ1n) is 11.7. The summed E-state index contributed by atoms with van der Waals surface area (Å²) in [7, 11) is -3.62. The minimum absolute atomic E-state index is 0.143. The second-order valence-corrected chi connectivity index (χ2v) is 12.6. The third-order valence-corrected chi connectivity index (χ3v) is 10.3. The lowest BCUT2D eigenvalue weighted by molar-refractivity contribution is -0.123. The number of thiophene rings is 1. The first-order chi connectivity index (χ1) is 17.5. The third-order valence-electron chi connectivity index (χ3n) is 6.03. The van der Waals surface area contributed by atoms with Crippen molar-refractivity contribution in [1.29, 1.82) is 0 Å². The van der Waals surface area contributed by atoms with Gasteiger partial charge in [0.25, 0.3) is 10.0 Å². The molecule has 36 heavy (non-hydrogen) atoms. The summed E-state index contributed by atoms with van der Waals surface area (Å²) < 4.78 is 34.5. The molecule has 1 unspecified atom stereocenters. The van der Waals surface area contributed by atoms with Crippen molar-refractivity contribution < 1.29 is 17.9 Å². The first kappa shape index (κ1) is 24.8. The molecule has 0 bridgehead atoms. The highest BCUT2D eigenvalue weighted by Crippen LogP contribution is 2.34. The molecule has 1 saturated heterocycles. The number of amides is 1. The van der Waals surface area contributed by atoms with E-state index in [4.69, 9.17) is 9.72 Å². The molecule has 0 spiro atoms. The van der Waals surface area contributed by atoms with Gasteiger partial charge in [0, 0.05) is 19.3 Å². The highest BCUT2D eigenvalue weighted by atomic mass is 32.2. The zero-order valence-electron chi connectivity index (χ0n) is 19.7. The molecule has 3 aromatic heterocycles. The molecular weight excluding hydrogens is 517 g/mol. The van der Waals surface area contributed by atoms with Crippen molar-refractivity contribution in [2.24, 2.45) is 5.92 Å². The molecule has 8 nitrogen and oxygen atoms in total. The summed E-state index contributed by atoms with van der Waals surface area (Å²) in [6, 6.07) is 14.6. The predicted octanol–water partition coefficient (Wildman–Crippen LogP) is 4.79. The number of piperidine rings is 1. The number of rotatable bonds is 8. The molecule has 188 valence electrons. The number of thiazole rings is 1. The van der Waals surface area contributed by atoms with Gasteiger partial charge in [0.2, 0.25) is 5.91 Å². The number of fused-ring (bicyclic) bond motifs is 1. The van der Waals surface area contributed by atoms with Gasteiger partial charge < -0.3 is 4.74 Å². The number of nitrogens with zero attached hydrogens (tertiary/aromatic N) is 4. The van der Waals surface area contributed by atoms with Gasteiger partial charge in [-0.3, -0.25) is 14.7 Å². The third kappa shape index (κ3) is 5.15. The van der Waals surface area contributed by atoms with Crippen LogP contribution in [0.2, 0.25) is 0 Å². The zero-order valence-corrected chi connectivity index (χ0v) is 22.2. The average Bonchev–Trinajstić information content (AvgIpc) is 3.58. The number of aromatic nitrogens is 2. The number of sulfonamides is 1. The Morgan fingerprint density at radius 3 is 2.86 bits per heavy atom. The Morgan fingerprint density at radius 1 is 1.22 bits per heavy atom. The minimum atomic E-state index is -3.62. The molecule has 1 fully saturated rings. The van der Waals surface area contributed by atoms with E-state index in [1.165, 1.54) is 27.0 Å². The van der Waals surface area contributed by atoms with E-state index in [2.05, 4.69) is 4.98 Å². The highest BCUT2D eigenvalue weighted by Gasteiger charge is 2.36. The number of hydrogen-bond donors (Lipinski definition) is 0. The molecule has 0 radical (unpaired) electrons. The van der Waals surface area contributed by atoms with Gasteiger partial charge >= 0.3 is 0 Å². The van der Waals surface area contributed by atoms with Crippen LogP contribution in [0.5, 0.6) is 5.75 Å². The summed E-state index contributed by atoms with van der Waals surface area (Å²) in [6.07, 6.45) is 2.93. The SMILES string of the molecule is CCOc1ccc2nc(N(Cc3ccccn3)C(=O)C3CCCN(S(=O)(=O)c4cccs4)C3)sc2c1. The summed E-state index contributed by atoms with van der Waals surface area (Å²) in [5, 5.41) is 2.31. The molecule has 0 aliphatic carbocycles. The van der Waals surface area contributed by atoms with Gasteiger partial charge in [0.15, 0.2) is 5.13 Å². The largest absolute Gasteiger partial charge is 0.494 e. The van der Waals surface area contributed by atoms with Crippen LogP contribution in [0.25, 0.3) is 10.2 Å². The maximum Gasteiger partial charge on any atom is 0.252 e. The van der Waals surface area contributed by atoms with E-state index in [1.54, 1.807) is 28.6 Å². The van der Waals surface area contributed by atoms with Crippen LogP contribution < -0.4 is 9.64 Å². The van der Waals surface area contributed by atoms with Gasteiger partial charge in [0.05, 0.1) is 35.0 Å². The molecule has 1 amide bonds. The normalized spacial score (nSPS) is 16.8. The maximum absolute atomic E-state index is 13.9. The Hall–Kier alpha value is -2.86. The number of ether oxygens (including phenoxy) is 1. The van der Waals surface area contributed by atoms with Crippen LogP contribution >= 0.6 is 22.7 Å². The van der Waals surface area contributed by atoms with Crippen molar-refractivity contribution in [2.45, 2.75) is 30.5 Å². The fourth-order valence-electron chi connectivity index (χ4n) is 4.28. The van der Waals surface area contributed by atoms with E-state index >= 15 is 0 Å². The Bertz CT molecular complexity index is 1440. The zero-order chi connectivity index (χ0) is 25.1. The molecule has 1 atom stereocenters. The maximum atomic E-state index is 13.9. The average molecular weight is 543 g/mol. The van der Waals surface area contributed by atoms with Crippen LogP contribution in [0, 0.1) is 5.92 Å². The Balaban J connectivity index is 1.45. The van der Waals surface area contributed by atoms with Crippen LogP contribution in [0.4, 0.5) is 5.13 Å². The molecule has 0 N–H and O–H groups in total. The fraction of sp³-hybridized carbons (Fsp3) is 0.320. The summed E-state index contributed by atoms with van der Waals surface area (Å²) in [4.78, 5) is 24.7. The summed E-state index contributed by atoms with van der Waals surface area (Å²) in [6.45, 7) is 3.31. The van der Waals surface area contributed by atoms with Gasteiger partial charge in [-0.25, -0.2) is 13.4 Å². The van der Waals surface area contributed by atoms with Gasteiger partial charge in [-0.1, -0.05) is 23.5 Å². The second-order valence-electron chi connectivity index (χ2n) is 8.44. The van der Waals surface area contributed by atoms with E-state index in [1.807, 2.05) is 43.3 Å². The molecule has 5 rings (SSSR count). The number of hydrogen-bond acceptors (Lipinski definition) is 8. The van der Waals surface area contributed by atoms with E-state index in [9.17, 15) is 13.2 Å². The standard InChI is InChI=1S/C25H26N4O4S3/c1-2-33-20-10-11-21-22(15-20)35-25(27-21)29(17-19-8-3-4-12-26-19)24(30)18-7-5-13-28(16-18)36(31,32)23-9-6-14-34-23/h3-4,6,8-12,14-15,18H,2,5,7,13,16-17H2,1H3. The van der Waals surface area contributed by atoms with Crippen molar-refractivity contribution in [1.82, 2.24) is 14.3 Å². The monoisotopic (exact) mass is 542 g/mol. The van der Waals surface area contributed by atoms with Crippen molar-refractivity contribution in [3.05, 3.63) is 65.8 Å². The highest BCUT2D eigenvalue weighted by molar-refractivity contribution is 7.91. The smallest absolute Gasteiger partial charge is 0.252 e. The topological polar surface area (TPSA) is 92.7 Å². The van der Waals surface area contributed by atoms with E-state index in [-0.39, 0.29) is 19.0 Å². The number of benzene rings is 1. The number of anilines is 1. The van der Waals surface area contributed by atoms with Gasteiger partial charge in [-0.15, -0.1) is 11.3 Å². The predicted molar refractivity (Wildman–Crippen MR) is 142 cm³/mol. The Kier molecular flexibility index (Phi) is 7.33. The van der Waals surface area contributed by atoms with Gasteiger partial charge in [-0.05, 0) is 61.5 Å².